The van der Waals surface area contributed by atoms with Crippen molar-refractivity contribution in [3.8, 4) is 0 Å². The number of likely N-dealkylation sites (N-methyl/N-ethyl adjacent to an activating group) is 1. The number of carbonyl (C=O) groups excluding carboxylic acids is 1. The van der Waals surface area contributed by atoms with Gasteiger partial charge in [0.1, 0.15) is 29.0 Å². The van der Waals surface area contributed by atoms with Crippen LogP contribution in [0.5, 0.6) is 0 Å². The lowest BCUT2D eigenvalue weighted by atomic mass is 10.0. The summed E-state index contributed by atoms with van der Waals surface area (Å²) in [4.78, 5) is 15.2. The number of halogens is 1. The number of fused-ring (bicyclic) bond motifs is 1. The molecule has 2 heterocycles. The summed E-state index contributed by atoms with van der Waals surface area (Å²) >= 11 is 0. The van der Waals surface area contributed by atoms with E-state index in [1.165, 1.54) is 16.8 Å². The minimum Gasteiger partial charge on any atom is -0.461 e. The van der Waals surface area contributed by atoms with Gasteiger partial charge in [0.05, 0.1) is 0 Å². The summed E-state index contributed by atoms with van der Waals surface area (Å²) in [5, 5.41) is 12.6. The Morgan fingerprint density at radius 3 is 2.74 bits per heavy atom. The lowest BCUT2D eigenvalue weighted by Gasteiger charge is -2.24. The number of furan rings is 1. The maximum absolute atomic E-state index is 13.7. The molecular weight excluding hydrogens is 397 g/mol. The molecule has 0 saturated carbocycles. The van der Waals surface area contributed by atoms with Crippen molar-refractivity contribution in [1.82, 2.24) is 25.1 Å². The van der Waals surface area contributed by atoms with Crippen molar-refractivity contribution in [2.24, 2.45) is 0 Å². The maximum Gasteiger partial charge on any atom is 0.247 e. The van der Waals surface area contributed by atoms with E-state index in [1.54, 1.807) is 31.0 Å². The topological polar surface area (TPSA) is 77.0 Å². The van der Waals surface area contributed by atoms with Gasteiger partial charge in [-0.25, -0.2) is 9.07 Å². The number of aromatic nitrogens is 4. The van der Waals surface area contributed by atoms with Crippen LogP contribution in [0.25, 0.3) is 11.0 Å². The van der Waals surface area contributed by atoms with Crippen LogP contribution in [0.2, 0.25) is 0 Å². The van der Waals surface area contributed by atoms with Gasteiger partial charge in [-0.1, -0.05) is 37.3 Å². The van der Waals surface area contributed by atoms with E-state index in [9.17, 15) is 9.18 Å². The molecule has 1 amide bonds. The zero-order valence-corrected chi connectivity index (χ0v) is 17.7. The van der Waals surface area contributed by atoms with Crippen molar-refractivity contribution in [3.05, 3.63) is 77.1 Å². The Labute approximate surface area is 179 Å². The van der Waals surface area contributed by atoms with Crippen LogP contribution < -0.4 is 0 Å². The van der Waals surface area contributed by atoms with Crippen LogP contribution in [0.15, 0.2) is 52.9 Å². The number of amides is 1. The molecule has 0 N–H and O–H groups in total. The number of nitrogens with zero attached hydrogens (tertiary/aromatic N) is 5. The molecule has 4 rings (SSSR count). The summed E-state index contributed by atoms with van der Waals surface area (Å²) in [5.74, 6) is 0.877. The fourth-order valence-electron chi connectivity index (χ4n) is 3.87. The molecule has 8 heteroatoms. The number of hydrogen-bond donors (Lipinski definition) is 0. The maximum atomic E-state index is 13.7. The summed E-state index contributed by atoms with van der Waals surface area (Å²) in [5.41, 5.74) is 2.50. The van der Waals surface area contributed by atoms with E-state index >= 15 is 0 Å². The number of carbonyl (C=O) groups is 1. The van der Waals surface area contributed by atoms with Crippen molar-refractivity contribution in [2.75, 3.05) is 7.05 Å². The van der Waals surface area contributed by atoms with Crippen LogP contribution in [-0.2, 0) is 24.2 Å². The summed E-state index contributed by atoms with van der Waals surface area (Å²) in [6, 6.07) is 13.4. The summed E-state index contributed by atoms with van der Waals surface area (Å²) in [6.07, 6.45) is 1.00. The van der Waals surface area contributed by atoms with E-state index in [1.807, 2.05) is 31.2 Å². The second kappa shape index (κ2) is 8.67. The van der Waals surface area contributed by atoms with Gasteiger partial charge in [-0.3, -0.25) is 4.79 Å². The molecule has 0 saturated heterocycles. The monoisotopic (exact) mass is 421 g/mol. The molecule has 1 unspecified atom stereocenters. The zero-order valence-electron chi connectivity index (χ0n) is 17.7. The van der Waals surface area contributed by atoms with Gasteiger partial charge in [-0.15, -0.1) is 5.10 Å². The molecule has 31 heavy (non-hydrogen) atoms. The van der Waals surface area contributed by atoms with Gasteiger partial charge in [-0.05, 0) is 41.1 Å². The van der Waals surface area contributed by atoms with E-state index in [0.29, 0.717) is 17.9 Å². The van der Waals surface area contributed by atoms with Gasteiger partial charge in [0.2, 0.25) is 5.91 Å². The number of rotatable bonds is 7. The molecule has 160 valence electrons. The van der Waals surface area contributed by atoms with E-state index in [2.05, 4.69) is 15.5 Å². The van der Waals surface area contributed by atoms with Gasteiger partial charge < -0.3 is 9.32 Å². The molecule has 0 fully saturated rings. The molecule has 2 aromatic carbocycles. The third kappa shape index (κ3) is 4.19. The van der Waals surface area contributed by atoms with Crippen molar-refractivity contribution in [3.63, 3.8) is 0 Å². The first-order valence-corrected chi connectivity index (χ1v) is 10.2. The highest BCUT2D eigenvalue weighted by atomic mass is 19.1. The number of benzene rings is 2. The first-order valence-electron chi connectivity index (χ1n) is 10.2. The first-order chi connectivity index (χ1) is 15.0. The van der Waals surface area contributed by atoms with Crippen LogP contribution in [0.1, 0.15) is 35.7 Å². The van der Waals surface area contributed by atoms with E-state index in [-0.39, 0.29) is 18.1 Å². The third-order valence-corrected chi connectivity index (χ3v) is 5.43. The predicted molar refractivity (Wildman–Crippen MR) is 114 cm³/mol. The number of hydrogen-bond acceptors (Lipinski definition) is 5. The van der Waals surface area contributed by atoms with Crippen LogP contribution in [0, 0.1) is 12.7 Å². The number of tetrazole rings is 1. The smallest absolute Gasteiger partial charge is 0.247 e. The Balaban J connectivity index is 1.65. The molecule has 0 aliphatic carbocycles. The molecule has 0 bridgehead atoms. The Morgan fingerprint density at radius 1 is 1.23 bits per heavy atom. The summed E-state index contributed by atoms with van der Waals surface area (Å²) in [6.45, 7) is 4.16. The lowest BCUT2D eigenvalue weighted by molar-refractivity contribution is -0.134. The minimum absolute atomic E-state index is 0.160. The van der Waals surface area contributed by atoms with Crippen LogP contribution in [0.4, 0.5) is 4.39 Å². The fourth-order valence-corrected chi connectivity index (χ4v) is 3.87. The first kappa shape index (κ1) is 20.7. The summed E-state index contributed by atoms with van der Waals surface area (Å²) in [7, 11) is 1.75. The van der Waals surface area contributed by atoms with E-state index < -0.39 is 6.04 Å². The van der Waals surface area contributed by atoms with Gasteiger partial charge in [-0.2, -0.15) is 0 Å². The Kier molecular flexibility index (Phi) is 5.79. The Bertz CT molecular complexity index is 1220. The SMILES string of the molecule is CCc1oc2ccccc2c1CN(C)C(=O)C(Cc1cccc(F)c1)n1nnnc1C. The average molecular weight is 421 g/mol. The molecule has 1 atom stereocenters. The molecule has 0 aliphatic heterocycles. The van der Waals surface area contributed by atoms with Gasteiger partial charge >= 0.3 is 0 Å². The number of para-hydroxylation sites is 1. The largest absolute Gasteiger partial charge is 0.461 e. The molecule has 2 aromatic heterocycles. The highest BCUT2D eigenvalue weighted by molar-refractivity contribution is 5.84. The molecule has 0 radical (unpaired) electrons. The molecule has 7 nitrogen and oxygen atoms in total. The van der Waals surface area contributed by atoms with Crippen molar-refractivity contribution in [1.29, 1.82) is 0 Å². The minimum atomic E-state index is -0.690. The van der Waals surface area contributed by atoms with Crippen molar-refractivity contribution < 1.29 is 13.6 Å². The van der Waals surface area contributed by atoms with Crippen LogP contribution >= 0.6 is 0 Å². The highest BCUT2D eigenvalue weighted by Crippen LogP contribution is 2.28. The summed E-state index contributed by atoms with van der Waals surface area (Å²) < 4.78 is 21.2. The van der Waals surface area contributed by atoms with E-state index in [0.717, 1.165) is 28.7 Å². The molecular formula is C23H24FN5O2. The lowest BCUT2D eigenvalue weighted by Crippen LogP contribution is -2.36. The average Bonchev–Trinajstić information content (AvgIpc) is 3.35. The van der Waals surface area contributed by atoms with Gasteiger partial charge in [0.15, 0.2) is 0 Å². The van der Waals surface area contributed by atoms with Gasteiger partial charge in [0.25, 0.3) is 0 Å². The second-order valence-electron chi connectivity index (χ2n) is 7.57. The van der Waals surface area contributed by atoms with Crippen LogP contribution in [-0.4, -0.2) is 38.1 Å². The Morgan fingerprint density at radius 2 is 2.03 bits per heavy atom. The molecule has 0 spiro atoms. The second-order valence-corrected chi connectivity index (χ2v) is 7.57. The number of aryl methyl sites for hydroxylation is 2. The fraction of sp³-hybridized carbons (Fsp3) is 0.304. The quantitative estimate of drug-likeness (QED) is 0.453. The van der Waals surface area contributed by atoms with Gasteiger partial charge in [0, 0.05) is 37.4 Å². The molecule has 0 aliphatic rings. The van der Waals surface area contributed by atoms with Crippen molar-refractivity contribution in [2.45, 2.75) is 39.3 Å². The Hall–Kier alpha value is -3.55. The highest BCUT2D eigenvalue weighted by Gasteiger charge is 2.28. The normalized spacial score (nSPS) is 12.3. The molecule has 4 aromatic rings. The van der Waals surface area contributed by atoms with E-state index in [4.69, 9.17) is 4.42 Å². The predicted octanol–water partition coefficient (Wildman–Crippen LogP) is 3.87. The van der Waals surface area contributed by atoms with Crippen molar-refractivity contribution >= 4 is 16.9 Å². The third-order valence-electron chi connectivity index (χ3n) is 5.43. The van der Waals surface area contributed by atoms with Crippen LogP contribution in [0.3, 0.4) is 0 Å². The zero-order chi connectivity index (χ0) is 22.0. The standard InChI is InChI=1S/C23H24FN5O2/c1-4-21-19(18-10-5-6-11-22(18)31-21)14-28(3)23(30)20(29-15(2)25-26-27-29)13-16-8-7-9-17(24)12-16/h5-12,20H,4,13-14H2,1-3H3.